The van der Waals surface area contributed by atoms with Crippen LogP contribution in [0.1, 0.15) is 34.1 Å². The largest absolute Gasteiger partial charge is 0.377 e. The van der Waals surface area contributed by atoms with Gasteiger partial charge in [-0.15, -0.1) is 0 Å². The summed E-state index contributed by atoms with van der Waals surface area (Å²) in [4.78, 5) is 14.3. The van der Waals surface area contributed by atoms with Crippen LogP contribution in [-0.4, -0.2) is 42.0 Å². The predicted molar refractivity (Wildman–Crippen MR) is 63.3 cm³/mol. The van der Waals surface area contributed by atoms with Crippen molar-refractivity contribution in [1.82, 2.24) is 4.90 Å². The van der Waals surface area contributed by atoms with E-state index in [0.717, 1.165) is 19.6 Å². The first-order chi connectivity index (χ1) is 7.50. The van der Waals surface area contributed by atoms with Gasteiger partial charge in [0.25, 0.3) is 0 Å². The molecule has 2 aliphatic heterocycles. The van der Waals surface area contributed by atoms with Crippen LogP contribution < -0.4 is 0 Å². The van der Waals surface area contributed by atoms with E-state index in [4.69, 9.17) is 4.74 Å². The molecule has 2 unspecified atom stereocenters. The Labute approximate surface area is 98.1 Å². The lowest BCUT2D eigenvalue weighted by atomic mass is 9.98. The molecule has 0 spiro atoms. The molecule has 0 amide bonds. The summed E-state index contributed by atoms with van der Waals surface area (Å²) in [5, 5.41) is 0. The Morgan fingerprint density at radius 1 is 1.44 bits per heavy atom. The number of hydrogen-bond donors (Lipinski definition) is 0. The predicted octanol–water partition coefficient (Wildman–Crippen LogP) is 1.71. The molecule has 16 heavy (non-hydrogen) atoms. The third-order valence-electron chi connectivity index (χ3n) is 3.99. The second-order valence-electron chi connectivity index (χ2n) is 5.73. The molecular formula is C13H23NO2. The molecule has 2 heterocycles. The topological polar surface area (TPSA) is 29.5 Å². The molecular weight excluding hydrogens is 202 g/mol. The first-order valence-electron chi connectivity index (χ1n) is 6.41. The van der Waals surface area contributed by atoms with Crippen molar-refractivity contribution in [3.63, 3.8) is 0 Å². The number of Topliss-reactive ketones (excluding diaryl/α,β-unsaturated/α-hetero) is 1. The number of nitrogens with zero attached hydrogens (tertiary/aromatic N) is 1. The van der Waals surface area contributed by atoms with Gasteiger partial charge in [0.2, 0.25) is 0 Å². The van der Waals surface area contributed by atoms with E-state index in [1.165, 1.54) is 0 Å². The van der Waals surface area contributed by atoms with Gasteiger partial charge in [-0.25, -0.2) is 0 Å². The van der Waals surface area contributed by atoms with Crippen LogP contribution in [0.5, 0.6) is 0 Å². The van der Waals surface area contributed by atoms with E-state index in [0.29, 0.717) is 17.7 Å². The van der Waals surface area contributed by atoms with E-state index in [1.54, 1.807) is 0 Å². The van der Waals surface area contributed by atoms with Crippen molar-refractivity contribution in [2.24, 2.45) is 11.8 Å². The van der Waals surface area contributed by atoms with Gasteiger partial charge in [-0.05, 0) is 19.3 Å². The van der Waals surface area contributed by atoms with Gasteiger partial charge in [0.05, 0.1) is 12.1 Å². The van der Waals surface area contributed by atoms with E-state index >= 15 is 0 Å². The molecule has 4 atom stereocenters. The lowest BCUT2D eigenvalue weighted by Crippen LogP contribution is -2.32. The van der Waals surface area contributed by atoms with Gasteiger partial charge in [0.1, 0.15) is 0 Å². The standard InChI is InChI=1S/C13H23NO2/c1-8(2)7-16-11-5-12-13(15)9(3)10(4)14(12)6-11/h8-12H,5-7H2,1-4H3/t9?,10?,11-,12-/m0/s1. The number of rotatable bonds is 3. The lowest BCUT2D eigenvalue weighted by molar-refractivity contribution is -0.122. The van der Waals surface area contributed by atoms with Crippen molar-refractivity contribution in [2.75, 3.05) is 13.2 Å². The molecule has 2 fully saturated rings. The lowest BCUT2D eigenvalue weighted by Gasteiger charge is -2.21. The van der Waals surface area contributed by atoms with Crippen LogP contribution in [0.4, 0.5) is 0 Å². The molecule has 2 aliphatic rings. The molecule has 3 nitrogen and oxygen atoms in total. The molecule has 3 heteroatoms. The highest BCUT2D eigenvalue weighted by molar-refractivity contribution is 5.89. The van der Waals surface area contributed by atoms with Crippen LogP contribution in [0.15, 0.2) is 0 Å². The molecule has 0 aromatic rings. The van der Waals surface area contributed by atoms with E-state index in [-0.39, 0.29) is 18.1 Å². The van der Waals surface area contributed by atoms with Gasteiger partial charge in [-0.2, -0.15) is 0 Å². The zero-order valence-corrected chi connectivity index (χ0v) is 10.8. The summed E-state index contributed by atoms with van der Waals surface area (Å²) in [7, 11) is 0. The minimum atomic E-state index is 0.141. The van der Waals surface area contributed by atoms with Crippen LogP contribution in [0.2, 0.25) is 0 Å². The molecule has 0 N–H and O–H groups in total. The van der Waals surface area contributed by atoms with Crippen LogP contribution >= 0.6 is 0 Å². The van der Waals surface area contributed by atoms with Crippen LogP contribution in [0.25, 0.3) is 0 Å². The fourth-order valence-corrected chi connectivity index (χ4v) is 2.83. The fraction of sp³-hybridized carbons (Fsp3) is 0.923. The Bertz CT molecular complexity index is 277. The zero-order chi connectivity index (χ0) is 11.9. The average molecular weight is 225 g/mol. The van der Waals surface area contributed by atoms with Gasteiger partial charge in [-0.3, -0.25) is 9.69 Å². The Morgan fingerprint density at radius 3 is 2.69 bits per heavy atom. The molecule has 0 aliphatic carbocycles. The summed E-state index contributed by atoms with van der Waals surface area (Å²) in [6.45, 7) is 10.3. The molecule has 0 aromatic carbocycles. The van der Waals surface area contributed by atoms with E-state index in [2.05, 4.69) is 32.6 Å². The number of fused-ring (bicyclic) bond motifs is 1. The maximum absolute atomic E-state index is 12.0. The van der Waals surface area contributed by atoms with Crippen molar-refractivity contribution < 1.29 is 9.53 Å². The zero-order valence-electron chi connectivity index (χ0n) is 10.8. The molecule has 0 saturated carbocycles. The van der Waals surface area contributed by atoms with E-state index in [1.807, 2.05) is 0 Å². The third kappa shape index (κ3) is 2.03. The summed E-state index contributed by atoms with van der Waals surface area (Å²) in [6, 6.07) is 0.535. The Morgan fingerprint density at radius 2 is 2.12 bits per heavy atom. The van der Waals surface area contributed by atoms with Gasteiger partial charge in [0, 0.05) is 25.1 Å². The average Bonchev–Trinajstić information content (AvgIpc) is 2.73. The summed E-state index contributed by atoms with van der Waals surface area (Å²) in [6.07, 6.45) is 1.17. The normalized spacial score (nSPS) is 39.7. The number of carbonyl (C=O) groups excluding carboxylic acids is 1. The van der Waals surface area contributed by atoms with Gasteiger partial charge >= 0.3 is 0 Å². The number of hydrogen-bond acceptors (Lipinski definition) is 3. The summed E-state index contributed by atoms with van der Waals surface area (Å²) in [5.74, 6) is 1.20. The number of ketones is 1. The molecule has 0 aromatic heterocycles. The quantitative estimate of drug-likeness (QED) is 0.732. The fourth-order valence-electron chi connectivity index (χ4n) is 2.83. The Kier molecular flexibility index (Phi) is 3.36. The van der Waals surface area contributed by atoms with Crippen LogP contribution in [0, 0.1) is 11.8 Å². The van der Waals surface area contributed by atoms with E-state index in [9.17, 15) is 4.79 Å². The van der Waals surface area contributed by atoms with Crippen molar-refractivity contribution >= 4 is 5.78 Å². The Balaban J connectivity index is 1.92. The molecule has 0 bridgehead atoms. The maximum atomic E-state index is 12.0. The molecule has 92 valence electrons. The van der Waals surface area contributed by atoms with Gasteiger partial charge in [0.15, 0.2) is 5.78 Å². The first-order valence-corrected chi connectivity index (χ1v) is 6.41. The highest BCUT2D eigenvalue weighted by atomic mass is 16.5. The maximum Gasteiger partial charge on any atom is 0.154 e. The second-order valence-corrected chi connectivity index (χ2v) is 5.73. The molecule has 2 rings (SSSR count). The second kappa shape index (κ2) is 4.46. The van der Waals surface area contributed by atoms with Crippen molar-refractivity contribution in [3.05, 3.63) is 0 Å². The van der Waals surface area contributed by atoms with E-state index < -0.39 is 0 Å². The molecule has 0 radical (unpaired) electrons. The SMILES string of the molecule is CC(C)CO[C@H]1C[C@H]2C(=O)C(C)C(C)N2C1. The van der Waals surface area contributed by atoms with Gasteiger partial charge < -0.3 is 4.74 Å². The van der Waals surface area contributed by atoms with Crippen LogP contribution in [-0.2, 0) is 9.53 Å². The van der Waals surface area contributed by atoms with Gasteiger partial charge in [-0.1, -0.05) is 20.8 Å². The summed E-state index contributed by atoms with van der Waals surface area (Å²) < 4.78 is 5.84. The smallest absolute Gasteiger partial charge is 0.154 e. The summed E-state index contributed by atoms with van der Waals surface area (Å²) >= 11 is 0. The van der Waals surface area contributed by atoms with Crippen LogP contribution in [0.3, 0.4) is 0 Å². The number of carbonyl (C=O) groups is 1. The van der Waals surface area contributed by atoms with Crippen molar-refractivity contribution in [1.29, 1.82) is 0 Å². The minimum absolute atomic E-state index is 0.141. The third-order valence-corrected chi connectivity index (χ3v) is 3.99. The minimum Gasteiger partial charge on any atom is -0.377 e. The first kappa shape index (κ1) is 12.1. The highest BCUT2D eigenvalue weighted by Gasteiger charge is 2.48. The Hall–Kier alpha value is -0.410. The molecule has 2 saturated heterocycles. The highest BCUT2D eigenvalue weighted by Crippen LogP contribution is 2.34. The van der Waals surface area contributed by atoms with Crippen molar-refractivity contribution in [2.45, 2.75) is 52.3 Å². The summed E-state index contributed by atoms with van der Waals surface area (Å²) in [5.41, 5.74) is 0. The number of ether oxygens (including phenoxy) is 1. The monoisotopic (exact) mass is 225 g/mol. The van der Waals surface area contributed by atoms with Crippen molar-refractivity contribution in [3.8, 4) is 0 Å².